The van der Waals surface area contributed by atoms with Crippen LogP contribution in [-0.4, -0.2) is 36.2 Å². The molecule has 3 aromatic rings. The summed E-state index contributed by atoms with van der Waals surface area (Å²) in [6, 6.07) is 12.2. The topological polar surface area (TPSA) is 32.5 Å². The lowest BCUT2D eigenvalue weighted by molar-refractivity contribution is 0.248. The lowest BCUT2D eigenvalue weighted by Crippen LogP contribution is -2.46. The predicted molar refractivity (Wildman–Crippen MR) is 111 cm³/mol. The number of anilines is 1. The largest absolute Gasteiger partial charge is 0.369 e. The van der Waals surface area contributed by atoms with Crippen molar-refractivity contribution in [2.45, 2.75) is 13.5 Å². The second-order valence-electron chi connectivity index (χ2n) is 6.94. The molecule has 1 aliphatic rings. The summed E-state index contributed by atoms with van der Waals surface area (Å²) >= 11 is 12.2. The molecular formula is C21H20Cl2FN3O. The highest BCUT2D eigenvalue weighted by molar-refractivity contribution is 6.42. The average molecular weight is 420 g/mol. The third-order valence-corrected chi connectivity index (χ3v) is 5.84. The number of hydrogen-bond acceptors (Lipinski definition) is 4. The Bertz CT molecular complexity index is 984. The number of aromatic nitrogens is 1. The van der Waals surface area contributed by atoms with E-state index in [1.54, 1.807) is 6.07 Å². The van der Waals surface area contributed by atoms with E-state index in [0.29, 0.717) is 15.7 Å². The fourth-order valence-electron chi connectivity index (χ4n) is 3.51. The molecule has 1 saturated heterocycles. The summed E-state index contributed by atoms with van der Waals surface area (Å²) in [6.07, 6.45) is 0. The van der Waals surface area contributed by atoms with Crippen molar-refractivity contribution in [1.82, 2.24) is 10.1 Å². The summed E-state index contributed by atoms with van der Waals surface area (Å²) in [7, 11) is 0. The van der Waals surface area contributed by atoms with E-state index < -0.39 is 0 Å². The average Bonchev–Trinajstić information content (AvgIpc) is 3.05. The van der Waals surface area contributed by atoms with E-state index in [1.165, 1.54) is 12.1 Å². The number of nitrogens with zero attached hydrogens (tertiary/aromatic N) is 3. The Balaban J connectivity index is 1.45. The van der Waals surface area contributed by atoms with Gasteiger partial charge in [-0.05, 0) is 37.3 Å². The molecule has 4 nitrogen and oxygen atoms in total. The van der Waals surface area contributed by atoms with Crippen LogP contribution in [0.2, 0.25) is 10.0 Å². The molecule has 146 valence electrons. The van der Waals surface area contributed by atoms with Gasteiger partial charge in [0.05, 0.1) is 10.0 Å². The zero-order valence-corrected chi connectivity index (χ0v) is 17.0. The highest BCUT2D eigenvalue weighted by Gasteiger charge is 2.22. The van der Waals surface area contributed by atoms with Gasteiger partial charge in [-0.3, -0.25) is 4.90 Å². The molecule has 2 heterocycles. The maximum atomic E-state index is 13.6. The summed E-state index contributed by atoms with van der Waals surface area (Å²) in [6.45, 7) is 6.18. The number of benzene rings is 2. The minimum absolute atomic E-state index is 0.278. The molecule has 0 unspecified atom stereocenters. The monoisotopic (exact) mass is 419 g/mol. The van der Waals surface area contributed by atoms with Crippen LogP contribution in [0.3, 0.4) is 0 Å². The van der Waals surface area contributed by atoms with Gasteiger partial charge in [0.15, 0.2) is 0 Å². The normalized spacial score (nSPS) is 15.2. The molecule has 1 fully saturated rings. The van der Waals surface area contributed by atoms with Crippen LogP contribution in [0.25, 0.3) is 11.3 Å². The Hall–Kier alpha value is -2.08. The second-order valence-corrected chi connectivity index (χ2v) is 7.75. The lowest BCUT2D eigenvalue weighted by Gasteiger charge is -2.36. The SMILES string of the molecule is Cc1onc(-c2cccc(F)c2)c1CN1CCN(c2ccc(Cl)c(Cl)c2)CC1. The van der Waals surface area contributed by atoms with Crippen LogP contribution < -0.4 is 4.90 Å². The summed E-state index contributed by atoms with van der Waals surface area (Å²) in [5, 5.41) is 5.30. The summed E-state index contributed by atoms with van der Waals surface area (Å²) < 4.78 is 19.0. The molecule has 0 aliphatic carbocycles. The minimum Gasteiger partial charge on any atom is -0.369 e. The molecule has 2 aromatic carbocycles. The molecule has 7 heteroatoms. The molecule has 28 heavy (non-hydrogen) atoms. The molecule has 0 atom stereocenters. The fraction of sp³-hybridized carbons (Fsp3) is 0.286. The summed E-state index contributed by atoms with van der Waals surface area (Å²) in [4.78, 5) is 4.66. The lowest BCUT2D eigenvalue weighted by atomic mass is 10.1. The van der Waals surface area contributed by atoms with Gasteiger partial charge in [-0.25, -0.2) is 4.39 Å². The smallest absolute Gasteiger partial charge is 0.138 e. The first-order valence-corrected chi connectivity index (χ1v) is 9.90. The molecule has 1 aliphatic heterocycles. The zero-order valence-electron chi connectivity index (χ0n) is 15.5. The van der Waals surface area contributed by atoms with E-state index >= 15 is 0 Å². The van der Waals surface area contributed by atoms with E-state index in [1.807, 2.05) is 31.2 Å². The molecular weight excluding hydrogens is 400 g/mol. The van der Waals surface area contributed by atoms with E-state index in [2.05, 4.69) is 15.0 Å². The van der Waals surface area contributed by atoms with Gasteiger partial charge < -0.3 is 9.42 Å². The molecule has 0 saturated carbocycles. The van der Waals surface area contributed by atoms with Gasteiger partial charge in [0, 0.05) is 49.5 Å². The van der Waals surface area contributed by atoms with E-state index in [4.69, 9.17) is 27.7 Å². The Kier molecular flexibility index (Phi) is 5.58. The number of halogens is 3. The summed E-state index contributed by atoms with van der Waals surface area (Å²) in [5.41, 5.74) is 3.54. The molecule has 0 N–H and O–H groups in total. The molecule has 1 aromatic heterocycles. The minimum atomic E-state index is -0.278. The first-order chi connectivity index (χ1) is 13.5. The summed E-state index contributed by atoms with van der Waals surface area (Å²) in [5.74, 6) is 0.491. The second kappa shape index (κ2) is 8.11. The van der Waals surface area contributed by atoms with Crippen LogP contribution in [0.4, 0.5) is 10.1 Å². The van der Waals surface area contributed by atoms with Gasteiger partial charge in [-0.15, -0.1) is 0 Å². The van der Waals surface area contributed by atoms with Crippen LogP contribution in [0.5, 0.6) is 0 Å². The van der Waals surface area contributed by atoms with Gasteiger partial charge in [0.25, 0.3) is 0 Å². The van der Waals surface area contributed by atoms with Crippen LogP contribution >= 0.6 is 23.2 Å². The van der Waals surface area contributed by atoms with Crippen molar-refractivity contribution in [2.24, 2.45) is 0 Å². The van der Waals surface area contributed by atoms with Crippen molar-refractivity contribution in [3.05, 3.63) is 69.7 Å². The molecule has 0 spiro atoms. The predicted octanol–water partition coefficient (Wildman–Crippen LogP) is 5.42. The number of piperazine rings is 1. The van der Waals surface area contributed by atoms with E-state index in [0.717, 1.165) is 55.3 Å². The molecule has 0 amide bonds. The van der Waals surface area contributed by atoms with Crippen molar-refractivity contribution in [3.63, 3.8) is 0 Å². The standard InChI is InChI=1S/C21H20Cl2FN3O/c1-14-18(21(25-28-14)15-3-2-4-16(24)11-15)13-26-7-9-27(10-8-26)17-5-6-19(22)20(23)12-17/h2-6,11-12H,7-10,13H2,1H3. The molecule has 0 radical (unpaired) electrons. The van der Waals surface area contributed by atoms with Gasteiger partial charge in [-0.2, -0.15) is 0 Å². The maximum Gasteiger partial charge on any atom is 0.138 e. The highest BCUT2D eigenvalue weighted by atomic mass is 35.5. The first kappa shape index (κ1) is 19.2. The van der Waals surface area contributed by atoms with Crippen molar-refractivity contribution < 1.29 is 8.91 Å². The van der Waals surface area contributed by atoms with Crippen LogP contribution in [0.15, 0.2) is 47.0 Å². The quantitative estimate of drug-likeness (QED) is 0.565. The van der Waals surface area contributed by atoms with Crippen LogP contribution in [-0.2, 0) is 6.54 Å². The van der Waals surface area contributed by atoms with Crippen molar-refractivity contribution in [2.75, 3.05) is 31.1 Å². The van der Waals surface area contributed by atoms with E-state index in [9.17, 15) is 4.39 Å². The van der Waals surface area contributed by atoms with Crippen LogP contribution in [0, 0.1) is 12.7 Å². The van der Waals surface area contributed by atoms with E-state index in [-0.39, 0.29) is 5.82 Å². The molecule has 4 rings (SSSR count). The van der Waals surface area contributed by atoms with Gasteiger partial charge in [-0.1, -0.05) is 40.5 Å². The number of aryl methyl sites for hydroxylation is 1. The van der Waals surface area contributed by atoms with Gasteiger partial charge >= 0.3 is 0 Å². The number of rotatable bonds is 4. The zero-order chi connectivity index (χ0) is 19.7. The fourth-order valence-corrected chi connectivity index (χ4v) is 3.80. The van der Waals surface area contributed by atoms with Crippen LogP contribution in [0.1, 0.15) is 11.3 Å². The highest BCUT2D eigenvalue weighted by Crippen LogP contribution is 2.29. The third kappa shape index (κ3) is 4.02. The Morgan fingerprint density at radius 1 is 1.04 bits per heavy atom. The third-order valence-electron chi connectivity index (χ3n) is 5.11. The first-order valence-electron chi connectivity index (χ1n) is 9.14. The van der Waals surface area contributed by atoms with Crippen molar-refractivity contribution in [3.8, 4) is 11.3 Å². The Labute approximate surface area is 173 Å². The number of hydrogen-bond donors (Lipinski definition) is 0. The van der Waals surface area contributed by atoms with Crippen molar-refractivity contribution in [1.29, 1.82) is 0 Å². The molecule has 0 bridgehead atoms. The van der Waals surface area contributed by atoms with Gasteiger partial charge in [0.2, 0.25) is 0 Å². The Morgan fingerprint density at radius 2 is 1.82 bits per heavy atom. The Morgan fingerprint density at radius 3 is 2.54 bits per heavy atom. The van der Waals surface area contributed by atoms with Gasteiger partial charge in [0.1, 0.15) is 17.3 Å². The maximum absolute atomic E-state index is 13.6. The van der Waals surface area contributed by atoms with Crippen molar-refractivity contribution >= 4 is 28.9 Å².